The molecule has 0 aliphatic rings. The molecule has 0 radical (unpaired) electrons. The molecule has 0 aliphatic heterocycles. The molecule has 0 heterocycles. The number of hydrogen-bond donors (Lipinski definition) is 1. The number of methoxy groups -OCH3 is 1. The van der Waals surface area contributed by atoms with E-state index in [1.54, 1.807) is 0 Å². The van der Waals surface area contributed by atoms with Crippen molar-refractivity contribution in [2.45, 2.75) is 0 Å². The predicted molar refractivity (Wildman–Crippen MR) is 30.9 cm³/mol. The van der Waals surface area contributed by atoms with Crippen molar-refractivity contribution in [3.05, 3.63) is 12.3 Å². The maximum atomic E-state index is 9.71. The number of hydrogen-bond acceptors (Lipinski definition) is 2. The summed E-state index contributed by atoms with van der Waals surface area (Å²) in [6.45, 7) is 3.05. The Kier molecular flexibility index (Phi) is 8.26. The van der Waals surface area contributed by atoms with E-state index in [2.05, 4.69) is 11.3 Å². The number of rotatable bonds is 2. The van der Waals surface area contributed by atoms with E-state index >= 15 is 0 Å². The Balaban J connectivity index is 0. The molecule has 0 saturated carbocycles. The second-order valence-corrected chi connectivity index (χ2v) is 0.932. The summed E-state index contributed by atoms with van der Waals surface area (Å²) in [6, 6.07) is 0. The van der Waals surface area contributed by atoms with Crippen molar-refractivity contribution in [1.82, 2.24) is 0 Å². The number of ether oxygens (including phenoxy) is 1. The molecule has 42 valence electrons. The van der Waals surface area contributed by atoms with Crippen molar-refractivity contribution < 1.29 is 14.6 Å². The average Bonchev–Trinajstić information content (AvgIpc) is 1.65. The van der Waals surface area contributed by atoms with Crippen LogP contribution >= 0.6 is 0 Å². The maximum absolute atomic E-state index is 9.71. The van der Waals surface area contributed by atoms with E-state index in [-0.39, 0.29) is 57.1 Å². The summed E-state index contributed by atoms with van der Waals surface area (Å²) in [5.74, 6) is -1.36. The predicted octanol–water partition coefficient (Wildman–Crippen LogP) is -0.417. The van der Waals surface area contributed by atoms with Gasteiger partial charge in [-0.15, -0.1) is 0 Å². The van der Waals surface area contributed by atoms with Crippen LogP contribution in [0.3, 0.4) is 0 Å². The fourth-order valence-electron chi connectivity index (χ4n) is 0.0873. The Morgan fingerprint density at radius 2 is 2.12 bits per heavy atom. The van der Waals surface area contributed by atoms with Crippen molar-refractivity contribution in [2.24, 2.45) is 0 Å². The minimum atomic E-state index is -1.12. The van der Waals surface area contributed by atoms with E-state index in [1.165, 1.54) is 7.11 Å². The first-order valence-electron chi connectivity index (χ1n) is 1.64. The Bertz CT molecular complexity index is 99.5. The molecule has 0 aromatic carbocycles. The van der Waals surface area contributed by atoms with Crippen LogP contribution in [0.5, 0.6) is 0 Å². The molecule has 3 nitrogen and oxygen atoms in total. The van der Waals surface area contributed by atoms with E-state index in [4.69, 9.17) is 5.11 Å². The molecular formula is C4H7KO3. The standard InChI is InChI=1S/C4H6O3.K.H/c1-3(7-2)4(5)6;;/h1H2,2H3,(H,5,6);;. The van der Waals surface area contributed by atoms with Crippen LogP contribution in [0.25, 0.3) is 0 Å². The van der Waals surface area contributed by atoms with E-state index in [0.29, 0.717) is 0 Å². The first-order valence-corrected chi connectivity index (χ1v) is 1.64. The molecule has 0 bridgehead atoms. The number of carbonyl (C=O) groups is 1. The molecule has 0 fully saturated rings. The van der Waals surface area contributed by atoms with Crippen molar-refractivity contribution in [2.75, 3.05) is 7.11 Å². The number of aliphatic carboxylic acids is 1. The second kappa shape index (κ2) is 5.78. The summed E-state index contributed by atoms with van der Waals surface area (Å²) in [4.78, 5) is 9.71. The molecule has 0 spiro atoms. The van der Waals surface area contributed by atoms with Crippen LogP contribution in [0.15, 0.2) is 12.3 Å². The van der Waals surface area contributed by atoms with Crippen LogP contribution in [-0.4, -0.2) is 69.6 Å². The van der Waals surface area contributed by atoms with E-state index in [9.17, 15) is 4.79 Å². The molecule has 0 unspecified atom stereocenters. The third kappa shape index (κ3) is 4.80. The van der Waals surface area contributed by atoms with E-state index < -0.39 is 5.97 Å². The summed E-state index contributed by atoms with van der Waals surface area (Å²) in [7, 11) is 1.26. The first kappa shape index (κ1) is 11.4. The molecule has 4 heteroatoms. The molecule has 8 heavy (non-hydrogen) atoms. The van der Waals surface area contributed by atoms with Crippen molar-refractivity contribution in [1.29, 1.82) is 0 Å². The van der Waals surface area contributed by atoms with Gasteiger partial charge >= 0.3 is 57.4 Å². The molecule has 0 saturated heterocycles. The van der Waals surface area contributed by atoms with Gasteiger partial charge < -0.3 is 9.84 Å². The Hall–Kier alpha value is 0.646. The van der Waals surface area contributed by atoms with Crippen molar-refractivity contribution in [3.8, 4) is 0 Å². The van der Waals surface area contributed by atoms with Crippen LogP contribution in [0, 0.1) is 0 Å². The van der Waals surface area contributed by atoms with Gasteiger partial charge in [-0.2, -0.15) is 0 Å². The zero-order valence-corrected chi connectivity index (χ0v) is 3.97. The number of carboxylic acid groups (broad SMARTS) is 1. The fraction of sp³-hybridized carbons (Fsp3) is 0.250. The summed E-state index contributed by atoms with van der Waals surface area (Å²) >= 11 is 0. The van der Waals surface area contributed by atoms with E-state index in [0.717, 1.165) is 0 Å². The van der Waals surface area contributed by atoms with Crippen LogP contribution in [0.2, 0.25) is 0 Å². The normalized spacial score (nSPS) is 6.62. The van der Waals surface area contributed by atoms with E-state index in [1.807, 2.05) is 0 Å². The summed E-state index contributed by atoms with van der Waals surface area (Å²) in [5.41, 5.74) is 0. The van der Waals surface area contributed by atoms with Gasteiger partial charge in [0, 0.05) is 0 Å². The summed E-state index contributed by atoms with van der Waals surface area (Å²) in [6.07, 6.45) is 0. The Morgan fingerprint density at radius 3 is 2.12 bits per heavy atom. The van der Waals surface area contributed by atoms with Gasteiger partial charge in [0.1, 0.15) is 0 Å². The SMILES string of the molecule is C=C(OC)C(=O)O.[KH]. The van der Waals surface area contributed by atoms with Gasteiger partial charge in [-0.25, -0.2) is 4.79 Å². The summed E-state index contributed by atoms with van der Waals surface area (Å²) < 4.78 is 4.22. The van der Waals surface area contributed by atoms with Gasteiger partial charge in [0.25, 0.3) is 0 Å². The van der Waals surface area contributed by atoms with Crippen LogP contribution in [0.1, 0.15) is 0 Å². The van der Waals surface area contributed by atoms with Crippen molar-refractivity contribution >= 4 is 57.4 Å². The molecule has 0 aromatic heterocycles. The van der Waals surface area contributed by atoms with Crippen LogP contribution in [-0.2, 0) is 9.53 Å². The quantitative estimate of drug-likeness (QED) is 0.324. The Labute approximate surface area is 90.1 Å². The molecule has 0 atom stereocenters. The van der Waals surface area contributed by atoms with Crippen LogP contribution in [0.4, 0.5) is 0 Å². The van der Waals surface area contributed by atoms with Gasteiger partial charge in [0.2, 0.25) is 0 Å². The van der Waals surface area contributed by atoms with Gasteiger partial charge in [0.15, 0.2) is 5.76 Å². The molecular weight excluding hydrogens is 135 g/mol. The average molecular weight is 142 g/mol. The molecule has 0 aliphatic carbocycles. The first-order chi connectivity index (χ1) is 3.18. The molecule has 1 N–H and O–H groups in total. The fourth-order valence-corrected chi connectivity index (χ4v) is 0.0873. The zero-order valence-electron chi connectivity index (χ0n) is 3.97. The number of carboxylic acids is 1. The van der Waals surface area contributed by atoms with Crippen LogP contribution < -0.4 is 0 Å². The topological polar surface area (TPSA) is 46.5 Å². The van der Waals surface area contributed by atoms with Gasteiger partial charge in [-0.3, -0.25) is 0 Å². The third-order valence-electron chi connectivity index (χ3n) is 0.485. The molecule has 0 amide bonds. The van der Waals surface area contributed by atoms with Gasteiger partial charge in [-0.1, -0.05) is 0 Å². The Morgan fingerprint density at radius 1 is 1.75 bits per heavy atom. The summed E-state index contributed by atoms with van der Waals surface area (Å²) in [5, 5.41) is 7.96. The second-order valence-electron chi connectivity index (χ2n) is 0.932. The monoisotopic (exact) mass is 142 g/mol. The van der Waals surface area contributed by atoms with Gasteiger partial charge in [0.05, 0.1) is 7.11 Å². The minimum absolute atomic E-state index is 0. The van der Waals surface area contributed by atoms with Crippen molar-refractivity contribution in [3.63, 3.8) is 0 Å². The zero-order chi connectivity index (χ0) is 5.86. The third-order valence-corrected chi connectivity index (χ3v) is 0.485. The van der Waals surface area contributed by atoms with Gasteiger partial charge in [-0.05, 0) is 6.58 Å². The molecule has 0 aromatic rings. The molecule has 0 rings (SSSR count).